The molecule has 0 fully saturated rings. The van der Waals surface area contributed by atoms with Gasteiger partial charge in [-0.1, -0.05) is 18.5 Å². The molecule has 0 saturated carbocycles. The summed E-state index contributed by atoms with van der Waals surface area (Å²) >= 11 is 9.28. The number of hydrogen-bond donors (Lipinski definition) is 1. The predicted octanol–water partition coefficient (Wildman–Crippen LogP) is 4.51. The minimum Gasteiger partial charge on any atom is -0.438 e. The number of nitrogens with one attached hydrogen (secondary N) is 1. The quantitative estimate of drug-likeness (QED) is 0.868. The lowest BCUT2D eigenvalue weighted by Gasteiger charge is -2.08. The maximum absolute atomic E-state index is 5.88. The Labute approximate surface area is 125 Å². The van der Waals surface area contributed by atoms with Gasteiger partial charge in [-0.05, 0) is 40.5 Å². The lowest BCUT2D eigenvalue weighted by Crippen LogP contribution is -2.02. The normalized spacial score (nSPS) is 10.3. The number of halogens is 2. The van der Waals surface area contributed by atoms with Crippen LogP contribution >= 0.6 is 27.5 Å². The molecule has 0 amide bonds. The molecule has 6 heteroatoms. The maximum Gasteiger partial charge on any atom is 0.224 e. The van der Waals surface area contributed by atoms with Crippen LogP contribution in [0.25, 0.3) is 0 Å². The average molecular weight is 343 g/mol. The summed E-state index contributed by atoms with van der Waals surface area (Å²) in [5.41, 5.74) is 0. The molecule has 0 aliphatic rings. The summed E-state index contributed by atoms with van der Waals surface area (Å²) in [7, 11) is 0. The van der Waals surface area contributed by atoms with Gasteiger partial charge in [-0.15, -0.1) is 0 Å². The summed E-state index contributed by atoms with van der Waals surface area (Å²) < 4.78 is 6.47. The third-order valence-electron chi connectivity index (χ3n) is 2.31. The monoisotopic (exact) mass is 341 g/mol. The van der Waals surface area contributed by atoms with Crippen molar-refractivity contribution in [2.75, 3.05) is 11.9 Å². The van der Waals surface area contributed by atoms with Crippen molar-refractivity contribution in [2.24, 2.45) is 0 Å². The molecule has 0 aliphatic carbocycles. The number of hydrogen-bond acceptors (Lipinski definition) is 4. The van der Waals surface area contributed by atoms with Gasteiger partial charge < -0.3 is 10.1 Å². The van der Waals surface area contributed by atoms with E-state index in [-0.39, 0.29) is 0 Å². The summed E-state index contributed by atoms with van der Waals surface area (Å²) in [6.07, 6.45) is 2.50. The Morgan fingerprint density at radius 3 is 2.89 bits per heavy atom. The molecule has 100 valence electrons. The minimum atomic E-state index is 0.483. The Bertz CT molecular complexity index is 565. The van der Waals surface area contributed by atoms with Gasteiger partial charge in [-0.25, -0.2) is 9.97 Å². The largest absolute Gasteiger partial charge is 0.438 e. The van der Waals surface area contributed by atoms with E-state index < -0.39 is 0 Å². The highest BCUT2D eigenvalue weighted by molar-refractivity contribution is 9.10. The highest BCUT2D eigenvalue weighted by Crippen LogP contribution is 2.31. The van der Waals surface area contributed by atoms with E-state index in [1.165, 1.54) is 6.33 Å². The SMILES string of the molecule is CCCNc1cc(Oc2ccc(Cl)cc2Br)ncn1. The first-order valence-electron chi connectivity index (χ1n) is 5.88. The molecule has 0 bridgehead atoms. The number of anilines is 1. The van der Waals surface area contributed by atoms with Crippen molar-refractivity contribution in [1.82, 2.24) is 9.97 Å². The van der Waals surface area contributed by atoms with Crippen LogP contribution in [0, 0.1) is 0 Å². The first-order valence-corrected chi connectivity index (χ1v) is 7.05. The van der Waals surface area contributed by atoms with Crippen molar-refractivity contribution >= 4 is 33.3 Å². The molecule has 1 aromatic heterocycles. The van der Waals surface area contributed by atoms with Crippen LogP contribution in [0.3, 0.4) is 0 Å². The van der Waals surface area contributed by atoms with Gasteiger partial charge in [0.2, 0.25) is 5.88 Å². The Kier molecular flexibility index (Phi) is 4.99. The molecular formula is C13H13BrClN3O. The lowest BCUT2D eigenvalue weighted by molar-refractivity contribution is 0.459. The van der Waals surface area contributed by atoms with Crippen LogP contribution in [-0.2, 0) is 0 Å². The number of rotatable bonds is 5. The van der Waals surface area contributed by atoms with Crippen LogP contribution in [0.15, 0.2) is 35.1 Å². The predicted molar refractivity (Wildman–Crippen MR) is 80.0 cm³/mol. The van der Waals surface area contributed by atoms with E-state index in [0.717, 1.165) is 23.3 Å². The van der Waals surface area contributed by atoms with Gasteiger partial charge in [0.1, 0.15) is 17.9 Å². The van der Waals surface area contributed by atoms with E-state index in [1.54, 1.807) is 24.3 Å². The van der Waals surface area contributed by atoms with Gasteiger partial charge >= 0.3 is 0 Å². The van der Waals surface area contributed by atoms with Crippen LogP contribution in [0.4, 0.5) is 5.82 Å². The molecular weight excluding hydrogens is 330 g/mol. The molecule has 2 aromatic rings. The summed E-state index contributed by atoms with van der Waals surface area (Å²) in [5, 5.41) is 3.83. The lowest BCUT2D eigenvalue weighted by atomic mass is 10.3. The number of aromatic nitrogens is 2. The van der Waals surface area contributed by atoms with Gasteiger partial charge in [0.25, 0.3) is 0 Å². The maximum atomic E-state index is 5.88. The fourth-order valence-corrected chi connectivity index (χ4v) is 2.18. The Morgan fingerprint density at radius 1 is 1.32 bits per heavy atom. The molecule has 2 rings (SSSR count). The zero-order valence-electron chi connectivity index (χ0n) is 10.4. The molecule has 0 atom stereocenters. The molecule has 0 unspecified atom stereocenters. The molecule has 1 N–H and O–H groups in total. The first kappa shape index (κ1) is 14.1. The minimum absolute atomic E-state index is 0.483. The summed E-state index contributed by atoms with van der Waals surface area (Å²) in [5.74, 6) is 1.89. The number of nitrogens with zero attached hydrogens (tertiary/aromatic N) is 2. The van der Waals surface area contributed by atoms with Crippen molar-refractivity contribution in [3.05, 3.63) is 40.1 Å². The second kappa shape index (κ2) is 6.73. The molecule has 0 aliphatic heterocycles. The molecule has 4 nitrogen and oxygen atoms in total. The van der Waals surface area contributed by atoms with Crippen LogP contribution < -0.4 is 10.1 Å². The highest BCUT2D eigenvalue weighted by Gasteiger charge is 2.05. The average Bonchev–Trinajstić information content (AvgIpc) is 2.40. The van der Waals surface area contributed by atoms with Gasteiger partial charge in [0.15, 0.2) is 0 Å². The van der Waals surface area contributed by atoms with Crippen molar-refractivity contribution in [2.45, 2.75) is 13.3 Å². The van der Waals surface area contributed by atoms with Gasteiger partial charge in [-0.3, -0.25) is 0 Å². The molecule has 0 radical (unpaired) electrons. The summed E-state index contributed by atoms with van der Waals surface area (Å²) in [4.78, 5) is 8.20. The smallest absolute Gasteiger partial charge is 0.224 e. The van der Waals surface area contributed by atoms with Crippen LogP contribution in [0.2, 0.25) is 5.02 Å². The Morgan fingerprint density at radius 2 is 2.16 bits per heavy atom. The zero-order chi connectivity index (χ0) is 13.7. The van der Waals surface area contributed by atoms with Crippen molar-refractivity contribution in [1.29, 1.82) is 0 Å². The van der Waals surface area contributed by atoms with Crippen LogP contribution in [-0.4, -0.2) is 16.5 Å². The second-order valence-corrected chi connectivity index (χ2v) is 5.14. The standard InChI is InChI=1S/C13H13BrClN3O/c1-2-5-16-12-7-13(18-8-17-12)19-11-4-3-9(15)6-10(11)14/h3-4,6-8H,2,5H2,1H3,(H,16,17,18). The van der Waals surface area contributed by atoms with E-state index in [9.17, 15) is 0 Å². The summed E-state index contributed by atoms with van der Waals surface area (Å²) in [6, 6.07) is 7.08. The van der Waals surface area contributed by atoms with Gasteiger partial charge in [-0.2, -0.15) is 0 Å². The van der Waals surface area contributed by atoms with Crippen molar-refractivity contribution in [3.8, 4) is 11.6 Å². The van der Waals surface area contributed by atoms with Crippen LogP contribution in [0.5, 0.6) is 11.6 Å². The molecule has 1 aromatic carbocycles. The van der Waals surface area contributed by atoms with Crippen LogP contribution in [0.1, 0.15) is 13.3 Å². The highest BCUT2D eigenvalue weighted by atomic mass is 79.9. The molecule has 19 heavy (non-hydrogen) atoms. The Balaban J connectivity index is 2.14. The third kappa shape index (κ3) is 4.08. The topological polar surface area (TPSA) is 47.0 Å². The third-order valence-corrected chi connectivity index (χ3v) is 3.16. The van der Waals surface area contributed by atoms with Crippen molar-refractivity contribution < 1.29 is 4.74 Å². The number of ether oxygens (including phenoxy) is 1. The van der Waals surface area contributed by atoms with E-state index in [0.29, 0.717) is 16.7 Å². The first-order chi connectivity index (χ1) is 9.19. The molecule has 1 heterocycles. The number of benzene rings is 1. The van der Waals surface area contributed by atoms with E-state index >= 15 is 0 Å². The zero-order valence-corrected chi connectivity index (χ0v) is 12.7. The molecule has 0 spiro atoms. The van der Waals surface area contributed by atoms with Crippen molar-refractivity contribution in [3.63, 3.8) is 0 Å². The molecule has 0 saturated heterocycles. The van der Waals surface area contributed by atoms with E-state index in [4.69, 9.17) is 16.3 Å². The van der Waals surface area contributed by atoms with Gasteiger partial charge in [0, 0.05) is 17.6 Å². The van der Waals surface area contributed by atoms with Gasteiger partial charge in [0.05, 0.1) is 4.47 Å². The van der Waals surface area contributed by atoms with E-state index in [2.05, 4.69) is 38.1 Å². The summed E-state index contributed by atoms with van der Waals surface area (Å²) in [6.45, 7) is 2.96. The fraction of sp³-hybridized carbons (Fsp3) is 0.231. The Hall–Kier alpha value is -1.33. The fourth-order valence-electron chi connectivity index (χ4n) is 1.42. The second-order valence-electron chi connectivity index (χ2n) is 3.85. The van der Waals surface area contributed by atoms with E-state index in [1.807, 2.05) is 0 Å².